The molecule has 0 bridgehead atoms. The number of aryl methyl sites for hydroxylation is 2. The molecule has 2 aliphatic heterocycles. The zero-order valence-electron chi connectivity index (χ0n) is 18.5. The Morgan fingerprint density at radius 3 is 2.78 bits per heavy atom. The van der Waals surface area contributed by atoms with Crippen molar-refractivity contribution in [3.05, 3.63) is 58.8 Å². The number of carboxylic acid groups (broad SMARTS) is 1. The molecule has 2 aliphatic rings. The molecule has 0 unspecified atom stereocenters. The number of likely N-dealkylation sites (tertiary alicyclic amines) is 1. The van der Waals surface area contributed by atoms with Crippen LogP contribution < -0.4 is 5.32 Å². The number of halogens is 2. The first kappa shape index (κ1) is 22.6. The van der Waals surface area contributed by atoms with E-state index in [2.05, 4.69) is 29.3 Å². The maximum absolute atomic E-state index is 13.7. The number of aliphatic carboxylic acids is 1. The molecule has 1 aromatic carbocycles. The van der Waals surface area contributed by atoms with Crippen LogP contribution in [0.5, 0.6) is 0 Å². The number of anilines is 1. The van der Waals surface area contributed by atoms with E-state index in [-0.39, 0.29) is 11.8 Å². The van der Waals surface area contributed by atoms with Gasteiger partial charge in [0, 0.05) is 31.4 Å². The predicted molar refractivity (Wildman–Crippen MR) is 120 cm³/mol. The summed E-state index contributed by atoms with van der Waals surface area (Å²) in [7, 11) is 0. The third kappa shape index (κ3) is 5.26. The van der Waals surface area contributed by atoms with Crippen LogP contribution in [0, 0.1) is 17.0 Å². The van der Waals surface area contributed by atoms with Crippen molar-refractivity contribution in [3.63, 3.8) is 0 Å². The first-order valence-electron chi connectivity index (χ1n) is 11.5. The van der Waals surface area contributed by atoms with E-state index >= 15 is 0 Å². The van der Waals surface area contributed by atoms with E-state index in [1.54, 1.807) is 0 Å². The summed E-state index contributed by atoms with van der Waals surface area (Å²) in [6.07, 6.45) is 6.26. The van der Waals surface area contributed by atoms with Crippen molar-refractivity contribution in [1.82, 2.24) is 9.88 Å². The highest BCUT2D eigenvalue weighted by atomic mass is 19.2. The number of pyridine rings is 1. The van der Waals surface area contributed by atoms with E-state index in [1.807, 2.05) is 0 Å². The topological polar surface area (TPSA) is 65.5 Å². The lowest BCUT2D eigenvalue weighted by Crippen LogP contribution is -2.56. The van der Waals surface area contributed by atoms with Crippen LogP contribution in [0.25, 0.3) is 0 Å². The molecule has 32 heavy (non-hydrogen) atoms. The van der Waals surface area contributed by atoms with Crippen LogP contribution in [0.4, 0.5) is 14.6 Å². The van der Waals surface area contributed by atoms with Gasteiger partial charge in [-0.1, -0.05) is 25.5 Å². The first-order chi connectivity index (χ1) is 15.3. The fourth-order valence-corrected chi connectivity index (χ4v) is 5.02. The Hall–Kier alpha value is -2.54. The van der Waals surface area contributed by atoms with E-state index in [0.29, 0.717) is 5.56 Å². The smallest absolute Gasteiger partial charge is 0.305 e. The molecule has 172 valence electrons. The standard InChI is InChI=1S/C25H31F2N3O2/c1-25(11-3-2-6-19-9-7-17-5-4-12-28-24(17)29-19)15-30(16-25)22(14-23(31)32)18-8-10-20(26)21(27)13-18/h7-10,13,22H,2-6,11-12,14-16H2,1H3,(H,28,29)(H,31,32)/t22-/m0/s1. The quantitative estimate of drug-likeness (QED) is 0.536. The van der Waals surface area contributed by atoms with Gasteiger partial charge in [0.1, 0.15) is 5.82 Å². The van der Waals surface area contributed by atoms with Crippen LogP contribution in [-0.4, -0.2) is 40.6 Å². The molecule has 0 saturated carbocycles. The van der Waals surface area contributed by atoms with E-state index in [0.717, 1.165) is 81.8 Å². The van der Waals surface area contributed by atoms with Gasteiger partial charge in [-0.05, 0) is 66.8 Å². The third-order valence-electron chi connectivity index (χ3n) is 6.72. The molecule has 2 N–H and O–H groups in total. The number of fused-ring (bicyclic) bond motifs is 1. The Bertz CT molecular complexity index is 976. The molecule has 2 aromatic rings. The molecular formula is C25H31F2N3O2. The Morgan fingerprint density at radius 1 is 1.22 bits per heavy atom. The number of aromatic nitrogens is 1. The maximum atomic E-state index is 13.7. The van der Waals surface area contributed by atoms with Crippen LogP contribution in [0.15, 0.2) is 30.3 Å². The summed E-state index contributed by atoms with van der Waals surface area (Å²) in [5, 5.41) is 12.7. The van der Waals surface area contributed by atoms with Crippen LogP contribution in [0.1, 0.15) is 61.9 Å². The Kier molecular flexibility index (Phi) is 6.74. The molecule has 1 aromatic heterocycles. The zero-order chi connectivity index (χ0) is 22.7. The molecule has 4 rings (SSSR count). The maximum Gasteiger partial charge on any atom is 0.305 e. The molecule has 0 radical (unpaired) electrons. The number of unbranched alkanes of at least 4 members (excludes halogenated alkanes) is 1. The van der Waals surface area contributed by atoms with Crippen LogP contribution >= 0.6 is 0 Å². The fourth-order valence-electron chi connectivity index (χ4n) is 5.02. The molecule has 0 amide bonds. The van der Waals surface area contributed by atoms with Gasteiger partial charge < -0.3 is 10.4 Å². The second-order valence-electron chi connectivity index (χ2n) is 9.55. The van der Waals surface area contributed by atoms with Gasteiger partial charge in [-0.3, -0.25) is 9.69 Å². The summed E-state index contributed by atoms with van der Waals surface area (Å²) in [5.74, 6) is -1.76. The first-order valence-corrected chi connectivity index (χ1v) is 11.5. The van der Waals surface area contributed by atoms with E-state index in [4.69, 9.17) is 4.98 Å². The van der Waals surface area contributed by atoms with Gasteiger partial charge in [0.05, 0.1) is 6.42 Å². The molecule has 1 fully saturated rings. The predicted octanol–water partition coefficient (Wildman–Crippen LogP) is 4.97. The Morgan fingerprint density at radius 2 is 2.03 bits per heavy atom. The largest absolute Gasteiger partial charge is 0.481 e. The summed E-state index contributed by atoms with van der Waals surface area (Å²) in [6, 6.07) is 7.57. The van der Waals surface area contributed by atoms with E-state index in [9.17, 15) is 18.7 Å². The average Bonchev–Trinajstić information content (AvgIpc) is 2.75. The minimum Gasteiger partial charge on any atom is -0.481 e. The van der Waals surface area contributed by atoms with Crippen LogP contribution in [0.2, 0.25) is 0 Å². The lowest BCUT2D eigenvalue weighted by atomic mass is 9.75. The molecular weight excluding hydrogens is 412 g/mol. The molecule has 0 spiro atoms. The van der Waals surface area contributed by atoms with Crippen LogP contribution in [-0.2, 0) is 17.6 Å². The summed E-state index contributed by atoms with van der Waals surface area (Å²) in [4.78, 5) is 18.2. The molecule has 0 aliphatic carbocycles. The normalized spacial score (nSPS) is 18.3. The second-order valence-corrected chi connectivity index (χ2v) is 9.55. The second kappa shape index (κ2) is 9.53. The van der Waals surface area contributed by atoms with Gasteiger partial charge in [0.15, 0.2) is 11.6 Å². The van der Waals surface area contributed by atoms with E-state index < -0.39 is 23.6 Å². The summed E-state index contributed by atoms with van der Waals surface area (Å²) >= 11 is 0. The van der Waals surface area contributed by atoms with Crippen LogP contribution in [0.3, 0.4) is 0 Å². The lowest BCUT2D eigenvalue weighted by Gasteiger charge is -2.52. The van der Waals surface area contributed by atoms with E-state index in [1.165, 1.54) is 11.6 Å². The number of benzene rings is 1. The lowest BCUT2D eigenvalue weighted by molar-refractivity contribution is -0.140. The minimum atomic E-state index is -0.944. The van der Waals surface area contributed by atoms with Crippen molar-refractivity contribution in [2.24, 2.45) is 5.41 Å². The molecule has 5 nitrogen and oxygen atoms in total. The highest BCUT2D eigenvalue weighted by Crippen LogP contribution is 2.41. The average molecular weight is 444 g/mol. The molecule has 1 saturated heterocycles. The fraction of sp³-hybridized carbons (Fsp3) is 0.520. The molecule has 7 heteroatoms. The van der Waals surface area contributed by atoms with Crippen molar-refractivity contribution < 1.29 is 18.7 Å². The Labute approximate surface area is 187 Å². The number of rotatable bonds is 9. The molecule has 1 atom stereocenters. The van der Waals surface area contributed by atoms with Crippen molar-refractivity contribution in [2.75, 3.05) is 25.0 Å². The van der Waals surface area contributed by atoms with Gasteiger partial charge >= 0.3 is 5.97 Å². The number of carboxylic acids is 1. The van der Waals surface area contributed by atoms with Gasteiger partial charge in [0.2, 0.25) is 0 Å². The van der Waals surface area contributed by atoms with Crippen molar-refractivity contribution in [3.8, 4) is 0 Å². The molecule has 3 heterocycles. The van der Waals surface area contributed by atoms with Gasteiger partial charge in [-0.15, -0.1) is 0 Å². The summed E-state index contributed by atoms with van der Waals surface area (Å²) in [6.45, 7) is 4.72. The number of nitrogens with zero attached hydrogens (tertiary/aromatic N) is 2. The number of hydrogen-bond acceptors (Lipinski definition) is 4. The SMILES string of the molecule is CC1(CCCCc2ccc3c(n2)NCCC3)CN([C@@H](CC(=O)O)c2ccc(F)c(F)c2)C1. The third-order valence-corrected chi connectivity index (χ3v) is 6.72. The summed E-state index contributed by atoms with van der Waals surface area (Å²) in [5.41, 5.74) is 3.05. The monoisotopic (exact) mass is 443 g/mol. The van der Waals surface area contributed by atoms with Crippen molar-refractivity contribution in [2.45, 2.75) is 57.9 Å². The van der Waals surface area contributed by atoms with Crippen molar-refractivity contribution >= 4 is 11.8 Å². The number of carbonyl (C=O) groups is 1. The highest BCUT2D eigenvalue weighted by molar-refractivity contribution is 5.68. The van der Waals surface area contributed by atoms with Gasteiger partial charge in [0.25, 0.3) is 0 Å². The summed E-state index contributed by atoms with van der Waals surface area (Å²) < 4.78 is 27.0. The zero-order valence-corrected chi connectivity index (χ0v) is 18.5. The highest BCUT2D eigenvalue weighted by Gasteiger charge is 2.42. The Balaban J connectivity index is 1.28. The minimum absolute atomic E-state index is 0.111. The van der Waals surface area contributed by atoms with Gasteiger partial charge in [-0.25, -0.2) is 13.8 Å². The van der Waals surface area contributed by atoms with Crippen molar-refractivity contribution in [1.29, 1.82) is 0 Å². The number of nitrogens with one attached hydrogen (secondary N) is 1. The van der Waals surface area contributed by atoms with Gasteiger partial charge in [-0.2, -0.15) is 0 Å². The number of hydrogen-bond donors (Lipinski definition) is 2.